The number of nitrogens with one attached hydrogen (secondary N) is 1. The minimum atomic E-state index is -0.136. The Morgan fingerprint density at radius 3 is 2.87 bits per heavy atom. The number of rotatable bonds is 3. The van der Waals surface area contributed by atoms with Crippen LogP contribution < -0.4 is 10.2 Å². The summed E-state index contributed by atoms with van der Waals surface area (Å²) in [6, 6.07) is 11.2. The van der Waals surface area contributed by atoms with Gasteiger partial charge in [-0.05, 0) is 29.8 Å². The van der Waals surface area contributed by atoms with Crippen LogP contribution in [0, 0.1) is 0 Å². The average molecular weight is 332 g/mol. The fourth-order valence-electron chi connectivity index (χ4n) is 2.68. The number of carbonyl (C=O) groups excluding carboxylic acids is 1. The summed E-state index contributed by atoms with van der Waals surface area (Å²) in [4.78, 5) is 18.5. The van der Waals surface area contributed by atoms with Crippen LogP contribution in [0.2, 0.25) is 5.02 Å². The normalized spacial score (nSPS) is 17.8. The van der Waals surface area contributed by atoms with Crippen LogP contribution in [0.5, 0.6) is 0 Å². The van der Waals surface area contributed by atoms with E-state index in [4.69, 9.17) is 16.3 Å². The largest absolute Gasteiger partial charge is 0.370 e. The first-order valence-electron chi connectivity index (χ1n) is 7.48. The first-order chi connectivity index (χ1) is 11.2. The Labute approximate surface area is 140 Å². The number of hydrogen-bond acceptors (Lipinski definition) is 4. The van der Waals surface area contributed by atoms with Gasteiger partial charge < -0.3 is 15.0 Å². The lowest BCUT2D eigenvalue weighted by atomic mass is 10.1. The number of hydrogen-bond donors (Lipinski definition) is 1. The van der Waals surface area contributed by atoms with Crippen molar-refractivity contribution in [2.24, 2.45) is 0 Å². The molecule has 1 aliphatic heterocycles. The maximum atomic E-state index is 12.0. The maximum Gasteiger partial charge on any atom is 0.254 e. The lowest BCUT2D eigenvalue weighted by Gasteiger charge is -2.34. The minimum Gasteiger partial charge on any atom is -0.370 e. The van der Waals surface area contributed by atoms with Crippen LogP contribution in [0.15, 0.2) is 42.6 Å². The Kier molecular flexibility index (Phi) is 4.79. The molecule has 1 amide bonds. The van der Waals surface area contributed by atoms with Crippen molar-refractivity contribution in [3.63, 3.8) is 0 Å². The van der Waals surface area contributed by atoms with Gasteiger partial charge in [0.1, 0.15) is 11.9 Å². The Morgan fingerprint density at radius 1 is 1.35 bits per heavy atom. The second-order valence-electron chi connectivity index (χ2n) is 5.31. The predicted molar refractivity (Wildman–Crippen MR) is 90.0 cm³/mol. The van der Waals surface area contributed by atoms with Crippen LogP contribution in [0.25, 0.3) is 0 Å². The van der Waals surface area contributed by atoms with E-state index < -0.39 is 0 Å². The monoisotopic (exact) mass is 331 g/mol. The maximum absolute atomic E-state index is 12.0. The molecule has 120 valence electrons. The molecule has 1 fully saturated rings. The van der Waals surface area contributed by atoms with Crippen molar-refractivity contribution >= 4 is 23.3 Å². The summed E-state index contributed by atoms with van der Waals surface area (Å²) in [6.45, 7) is 1.92. The van der Waals surface area contributed by atoms with E-state index in [1.54, 1.807) is 25.4 Å². The van der Waals surface area contributed by atoms with Gasteiger partial charge in [0.25, 0.3) is 5.91 Å². The highest BCUT2D eigenvalue weighted by Crippen LogP contribution is 2.27. The molecule has 1 unspecified atom stereocenters. The number of anilines is 1. The van der Waals surface area contributed by atoms with Crippen LogP contribution >= 0.6 is 11.6 Å². The molecule has 23 heavy (non-hydrogen) atoms. The number of benzene rings is 1. The van der Waals surface area contributed by atoms with Gasteiger partial charge in [0.15, 0.2) is 0 Å². The van der Waals surface area contributed by atoms with E-state index in [-0.39, 0.29) is 12.0 Å². The van der Waals surface area contributed by atoms with Crippen molar-refractivity contribution in [3.8, 4) is 0 Å². The minimum absolute atomic E-state index is 0.0689. The van der Waals surface area contributed by atoms with E-state index in [1.807, 2.05) is 24.3 Å². The predicted octanol–water partition coefficient (Wildman–Crippen LogP) is 2.67. The molecule has 1 saturated heterocycles. The molecule has 2 aromatic rings. The molecule has 6 heteroatoms. The number of aromatic nitrogens is 1. The number of ether oxygens (including phenoxy) is 1. The fraction of sp³-hybridized carbons (Fsp3) is 0.294. The molecule has 1 aliphatic rings. The van der Waals surface area contributed by atoms with Crippen molar-refractivity contribution in [1.29, 1.82) is 0 Å². The molecule has 1 aromatic carbocycles. The highest BCUT2D eigenvalue weighted by molar-refractivity contribution is 6.30. The van der Waals surface area contributed by atoms with Gasteiger partial charge in [0.05, 0.1) is 12.2 Å². The van der Waals surface area contributed by atoms with Gasteiger partial charge in [-0.2, -0.15) is 0 Å². The fourth-order valence-corrected chi connectivity index (χ4v) is 2.81. The zero-order valence-electron chi connectivity index (χ0n) is 12.8. The second-order valence-corrected chi connectivity index (χ2v) is 5.75. The lowest BCUT2D eigenvalue weighted by molar-refractivity contribution is 0.0394. The van der Waals surface area contributed by atoms with Gasteiger partial charge in [0, 0.05) is 31.4 Å². The number of halogens is 1. The quantitative estimate of drug-likeness (QED) is 0.939. The van der Waals surface area contributed by atoms with E-state index in [9.17, 15) is 4.79 Å². The van der Waals surface area contributed by atoms with Gasteiger partial charge in [-0.3, -0.25) is 4.79 Å². The number of nitrogens with zero attached hydrogens (tertiary/aromatic N) is 2. The van der Waals surface area contributed by atoms with Gasteiger partial charge in [-0.15, -0.1) is 0 Å². The molecule has 0 aliphatic carbocycles. The Hall–Kier alpha value is -2.11. The Balaban J connectivity index is 1.84. The molecule has 1 aromatic heterocycles. The third-order valence-corrected chi connectivity index (χ3v) is 4.12. The van der Waals surface area contributed by atoms with Crippen molar-refractivity contribution in [2.45, 2.75) is 6.10 Å². The summed E-state index contributed by atoms with van der Waals surface area (Å²) in [6.07, 6.45) is 1.63. The summed E-state index contributed by atoms with van der Waals surface area (Å²) >= 11 is 5.94. The van der Waals surface area contributed by atoms with Crippen molar-refractivity contribution in [2.75, 3.05) is 31.6 Å². The van der Waals surface area contributed by atoms with E-state index in [2.05, 4.69) is 15.2 Å². The van der Waals surface area contributed by atoms with Crippen LogP contribution in [-0.2, 0) is 4.74 Å². The molecule has 0 bridgehead atoms. The highest BCUT2D eigenvalue weighted by atomic mass is 35.5. The average Bonchev–Trinajstić information content (AvgIpc) is 2.62. The summed E-state index contributed by atoms with van der Waals surface area (Å²) in [5, 5.41) is 3.36. The molecule has 1 atom stereocenters. The second kappa shape index (κ2) is 6.98. The molecule has 1 N–H and O–H groups in total. The van der Waals surface area contributed by atoms with Crippen molar-refractivity contribution in [3.05, 3.63) is 58.7 Å². The number of morpholine rings is 1. The Morgan fingerprint density at radius 2 is 2.13 bits per heavy atom. The van der Waals surface area contributed by atoms with E-state index >= 15 is 0 Å². The van der Waals surface area contributed by atoms with Crippen LogP contribution in [0.3, 0.4) is 0 Å². The first kappa shape index (κ1) is 15.8. The zero-order chi connectivity index (χ0) is 16.2. The molecule has 0 saturated carbocycles. The van der Waals surface area contributed by atoms with Crippen LogP contribution in [-0.4, -0.2) is 37.6 Å². The molecular weight excluding hydrogens is 314 g/mol. The number of pyridine rings is 1. The SMILES string of the molecule is CNC(=O)c1cccnc1N1CCOC(c2ccc(Cl)cc2)C1. The molecule has 0 radical (unpaired) electrons. The topological polar surface area (TPSA) is 54.5 Å². The number of carbonyl (C=O) groups is 1. The highest BCUT2D eigenvalue weighted by Gasteiger charge is 2.25. The molecule has 0 spiro atoms. The molecule has 2 heterocycles. The molecular formula is C17H18ClN3O2. The van der Waals surface area contributed by atoms with Gasteiger partial charge in [-0.25, -0.2) is 4.98 Å². The van der Waals surface area contributed by atoms with Gasteiger partial charge in [-0.1, -0.05) is 23.7 Å². The third-order valence-electron chi connectivity index (χ3n) is 3.87. The van der Waals surface area contributed by atoms with E-state index in [0.29, 0.717) is 36.1 Å². The van der Waals surface area contributed by atoms with Gasteiger partial charge in [0.2, 0.25) is 0 Å². The smallest absolute Gasteiger partial charge is 0.254 e. The summed E-state index contributed by atoms with van der Waals surface area (Å²) in [7, 11) is 1.62. The van der Waals surface area contributed by atoms with Crippen molar-refractivity contribution in [1.82, 2.24) is 10.3 Å². The zero-order valence-corrected chi connectivity index (χ0v) is 13.6. The summed E-state index contributed by atoms with van der Waals surface area (Å²) in [5.74, 6) is 0.553. The van der Waals surface area contributed by atoms with Crippen molar-refractivity contribution < 1.29 is 9.53 Å². The van der Waals surface area contributed by atoms with Gasteiger partial charge >= 0.3 is 0 Å². The van der Waals surface area contributed by atoms with Crippen LogP contribution in [0.1, 0.15) is 22.0 Å². The standard InChI is InChI=1S/C17H18ClN3O2/c1-19-17(22)14-3-2-8-20-16(14)21-9-10-23-15(11-21)12-4-6-13(18)7-5-12/h2-8,15H,9-11H2,1H3,(H,19,22). The summed E-state index contributed by atoms with van der Waals surface area (Å²) < 4.78 is 5.87. The van der Waals surface area contributed by atoms with E-state index in [1.165, 1.54) is 0 Å². The third kappa shape index (κ3) is 3.46. The lowest BCUT2D eigenvalue weighted by Crippen LogP contribution is -2.40. The van der Waals surface area contributed by atoms with E-state index in [0.717, 1.165) is 5.56 Å². The molecule has 3 rings (SSSR count). The summed E-state index contributed by atoms with van der Waals surface area (Å²) in [5.41, 5.74) is 1.64. The first-order valence-corrected chi connectivity index (χ1v) is 7.86. The van der Waals surface area contributed by atoms with Crippen LogP contribution in [0.4, 0.5) is 5.82 Å². The number of amides is 1. The Bertz CT molecular complexity index is 690. The molecule has 5 nitrogen and oxygen atoms in total.